The Labute approximate surface area is 77.4 Å². The Kier molecular flexibility index (Phi) is 2.00. The first-order chi connectivity index (χ1) is 6.18. The molecule has 1 aromatic heterocycles. The zero-order valence-electron chi connectivity index (χ0n) is 7.77. The van der Waals surface area contributed by atoms with Gasteiger partial charge in [-0.3, -0.25) is 4.68 Å². The standard InChI is InChI=1S/C9H15N3O/c1-6-9(10)5-11-12(6)7-2-3-8(13)4-7/h5,7-8,13H,2-4,10H2,1H3/t7-,8+/m1/s1. The highest BCUT2D eigenvalue weighted by atomic mass is 16.3. The molecular formula is C9H15N3O. The quantitative estimate of drug-likeness (QED) is 0.675. The smallest absolute Gasteiger partial charge is 0.0730 e. The van der Waals surface area contributed by atoms with Crippen LogP contribution in [0.2, 0.25) is 0 Å². The SMILES string of the molecule is Cc1c(N)cnn1[C@@H]1CC[C@H](O)C1. The number of hydrogen-bond acceptors (Lipinski definition) is 3. The van der Waals surface area contributed by atoms with Crippen molar-refractivity contribution in [3.8, 4) is 0 Å². The number of rotatable bonds is 1. The summed E-state index contributed by atoms with van der Waals surface area (Å²) in [7, 11) is 0. The molecule has 4 heteroatoms. The van der Waals surface area contributed by atoms with Crippen LogP contribution in [0.5, 0.6) is 0 Å². The number of aliphatic hydroxyl groups is 1. The molecule has 0 aromatic carbocycles. The van der Waals surface area contributed by atoms with Crippen LogP contribution in [0.4, 0.5) is 5.69 Å². The highest BCUT2D eigenvalue weighted by Crippen LogP contribution is 2.31. The second-order valence-corrected chi connectivity index (χ2v) is 3.75. The lowest BCUT2D eigenvalue weighted by molar-refractivity contribution is 0.177. The van der Waals surface area contributed by atoms with Crippen molar-refractivity contribution in [2.24, 2.45) is 0 Å². The minimum Gasteiger partial charge on any atom is -0.396 e. The monoisotopic (exact) mass is 181 g/mol. The van der Waals surface area contributed by atoms with Crippen LogP contribution in [-0.4, -0.2) is 21.0 Å². The van der Waals surface area contributed by atoms with Crippen molar-refractivity contribution in [2.75, 3.05) is 5.73 Å². The molecule has 1 aliphatic carbocycles. The molecule has 1 heterocycles. The van der Waals surface area contributed by atoms with E-state index in [9.17, 15) is 5.11 Å². The van der Waals surface area contributed by atoms with Gasteiger partial charge in [-0.2, -0.15) is 5.10 Å². The van der Waals surface area contributed by atoms with Crippen LogP contribution in [0.1, 0.15) is 31.0 Å². The molecule has 13 heavy (non-hydrogen) atoms. The second-order valence-electron chi connectivity index (χ2n) is 3.75. The van der Waals surface area contributed by atoms with E-state index in [0.29, 0.717) is 6.04 Å². The molecule has 0 radical (unpaired) electrons. The van der Waals surface area contributed by atoms with E-state index >= 15 is 0 Å². The highest BCUT2D eigenvalue weighted by molar-refractivity contribution is 5.39. The Morgan fingerprint density at radius 2 is 2.38 bits per heavy atom. The van der Waals surface area contributed by atoms with E-state index in [2.05, 4.69) is 5.10 Å². The zero-order valence-corrected chi connectivity index (χ0v) is 7.77. The molecule has 4 nitrogen and oxygen atoms in total. The Morgan fingerprint density at radius 1 is 1.62 bits per heavy atom. The Bertz CT molecular complexity index is 308. The molecule has 1 aliphatic rings. The van der Waals surface area contributed by atoms with Gasteiger partial charge in [0.25, 0.3) is 0 Å². The molecular weight excluding hydrogens is 166 g/mol. The molecule has 2 atom stereocenters. The summed E-state index contributed by atoms with van der Waals surface area (Å²) in [4.78, 5) is 0. The van der Waals surface area contributed by atoms with Gasteiger partial charge < -0.3 is 10.8 Å². The normalized spacial score (nSPS) is 28.2. The number of aromatic nitrogens is 2. The van der Waals surface area contributed by atoms with E-state index in [1.165, 1.54) is 0 Å². The van der Waals surface area contributed by atoms with E-state index in [1.807, 2.05) is 11.6 Å². The summed E-state index contributed by atoms with van der Waals surface area (Å²) in [5, 5.41) is 13.6. The maximum absolute atomic E-state index is 9.39. The topological polar surface area (TPSA) is 64.1 Å². The fourth-order valence-corrected chi connectivity index (χ4v) is 1.96. The molecule has 0 spiro atoms. The van der Waals surface area contributed by atoms with Crippen molar-refractivity contribution in [3.05, 3.63) is 11.9 Å². The molecule has 0 saturated heterocycles. The molecule has 0 aliphatic heterocycles. The van der Waals surface area contributed by atoms with Gasteiger partial charge in [0.2, 0.25) is 0 Å². The van der Waals surface area contributed by atoms with Gasteiger partial charge >= 0.3 is 0 Å². The first-order valence-corrected chi connectivity index (χ1v) is 4.66. The van der Waals surface area contributed by atoms with E-state index in [4.69, 9.17) is 5.73 Å². The van der Waals surface area contributed by atoms with Crippen molar-refractivity contribution in [1.82, 2.24) is 9.78 Å². The minimum atomic E-state index is -0.158. The number of anilines is 1. The summed E-state index contributed by atoms with van der Waals surface area (Å²) < 4.78 is 1.94. The van der Waals surface area contributed by atoms with Crippen molar-refractivity contribution in [3.63, 3.8) is 0 Å². The van der Waals surface area contributed by atoms with Crippen molar-refractivity contribution >= 4 is 5.69 Å². The average Bonchev–Trinajstić information content (AvgIpc) is 2.62. The molecule has 2 rings (SSSR count). The number of hydrogen-bond donors (Lipinski definition) is 2. The van der Waals surface area contributed by atoms with E-state index < -0.39 is 0 Å². The third-order valence-corrected chi connectivity index (χ3v) is 2.81. The van der Waals surface area contributed by atoms with E-state index in [-0.39, 0.29) is 6.10 Å². The Morgan fingerprint density at radius 3 is 2.85 bits per heavy atom. The number of nitrogens with two attached hydrogens (primary N) is 1. The molecule has 0 bridgehead atoms. The third kappa shape index (κ3) is 1.42. The van der Waals surface area contributed by atoms with E-state index in [0.717, 1.165) is 30.6 Å². The molecule has 1 aromatic rings. The summed E-state index contributed by atoms with van der Waals surface area (Å²) in [6.07, 6.45) is 4.21. The Hall–Kier alpha value is -1.03. The van der Waals surface area contributed by atoms with Crippen molar-refractivity contribution in [1.29, 1.82) is 0 Å². The molecule has 1 saturated carbocycles. The zero-order chi connectivity index (χ0) is 9.42. The third-order valence-electron chi connectivity index (χ3n) is 2.81. The lowest BCUT2D eigenvalue weighted by Gasteiger charge is -2.12. The maximum Gasteiger partial charge on any atom is 0.0730 e. The predicted octanol–water partition coefficient (Wildman–Crippen LogP) is 0.860. The van der Waals surface area contributed by atoms with Gasteiger partial charge in [-0.1, -0.05) is 0 Å². The Balaban J connectivity index is 2.21. The van der Waals surface area contributed by atoms with Crippen LogP contribution in [-0.2, 0) is 0 Å². The highest BCUT2D eigenvalue weighted by Gasteiger charge is 2.25. The van der Waals surface area contributed by atoms with E-state index in [1.54, 1.807) is 6.20 Å². The summed E-state index contributed by atoms with van der Waals surface area (Å²) in [6, 6.07) is 0.340. The van der Waals surface area contributed by atoms with Crippen LogP contribution in [0.15, 0.2) is 6.20 Å². The average molecular weight is 181 g/mol. The molecule has 72 valence electrons. The predicted molar refractivity (Wildman–Crippen MR) is 50.3 cm³/mol. The molecule has 1 fully saturated rings. The molecule has 0 unspecified atom stereocenters. The first-order valence-electron chi connectivity index (χ1n) is 4.66. The molecule has 3 N–H and O–H groups in total. The fraction of sp³-hybridized carbons (Fsp3) is 0.667. The van der Waals surface area contributed by atoms with Crippen LogP contribution in [0.3, 0.4) is 0 Å². The number of nitrogen functional groups attached to an aromatic ring is 1. The van der Waals surface area contributed by atoms with Gasteiger partial charge in [0.05, 0.1) is 29.7 Å². The van der Waals surface area contributed by atoms with Crippen molar-refractivity contribution in [2.45, 2.75) is 38.3 Å². The summed E-state index contributed by atoms with van der Waals surface area (Å²) in [5.41, 5.74) is 7.45. The molecule has 0 amide bonds. The van der Waals surface area contributed by atoms with Crippen LogP contribution >= 0.6 is 0 Å². The van der Waals surface area contributed by atoms with Gasteiger partial charge in [-0.25, -0.2) is 0 Å². The van der Waals surface area contributed by atoms with Gasteiger partial charge in [0.1, 0.15) is 0 Å². The maximum atomic E-state index is 9.39. The summed E-state index contributed by atoms with van der Waals surface area (Å²) in [5.74, 6) is 0. The summed E-state index contributed by atoms with van der Waals surface area (Å²) >= 11 is 0. The lowest BCUT2D eigenvalue weighted by atomic mass is 10.2. The number of aliphatic hydroxyl groups excluding tert-OH is 1. The van der Waals surface area contributed by atoms with Crippen LogP contribution < -0.4 is 5.73 Å². The van der Waals surface area contributed by atoms with Crippen LogP contribution in [0.25, 0.3) is 0 Å². The summed E-state index contributed by atoms with van der Waals surface area (Å²) in [6.45, 7) is 1.97. The first kappa shape index (κ1) is 8.56. The largest absolute Gasteiger partial charge is 0.396 e. The van der Waals surface area contributed by atoms with Gasteiger partial charge in [0.15, 0.2) is 0 Å². The lowest BCUT2D eigenvalue weighted by Crippen LogP contribution is -2.10. The van der Waals surface area contributed by atoms with Gasteiger partial charge in [0, 0.05) is 0 Å². The number of nitrogens with zero attached hydrogens (tertiary/aromatic N) is 2. The second kappa shape index (κ2) is 3.03. The van der Waals surface area contributed by atoms with Gasteiger partial charge in [-0.15, -0.1) is 0 Å². The van der Waals surface area contributed by atoms with Crippen molar-refractivity contribution < 1.29 is 5.11 Å². The minimum absolute atomic E-state index is 0.158. The van der Waals surface area contributed by atoms with Gasteiger partial charge in [-0.05, 0) is 26.2 Å². The van der Waals surface area contributed by atoms with Crippen LogP contribution in [0, 0.1) is 6.92 Å². The fourth-order valence-electron chi connectivity index (χ4n) is 1.96.